The second-order valence-electron chi connectivity index (χ2n) is 3.40. The van der Waals surface area contributed by atoms with Crippen LogP contribution >= 0.6 is 0 Å². The van der Waals surface area contributed by atoms with E-state index in [1.54, 1.807) is 13.8 Å². The van der Waals surface area contributed by atoms with Gasteiger partial charge in [0, 0.05) is 7.05 Å². The maximum absolute atomic E-state index is 11.5. The van der Waals surface area contributed by atoms with Crippen molar-refractivity contribution in [1.82, 2.24) is 14.9 Å². The summed E-state index contributed by atoms with van der Waals surface area (Å²) in [4.78, 5) is 26.8. The van der Waals surface area contributed by atoms with Crippen LogP contribution in [0.5, 0.6) is 0 Å². The fraction of sp³-hybridized carbons (Fsp3) is 0.500. The van der Waals surface area contributed by atoms with Crippen LogP contribution in [0.15, 0.2) is 6.33 Å². The topological polar surface area (TPSA) is 99.2 Å². The van der Waals surface area contributed by atoms with Crippen molar-refractivity contribution < 1.29 is 14.3 Å². The smallest absolute Gasteiger partial charge is 0.360 e. The van der Waals surface area contributed by atoms with E-state index in [4.69, 9.17) is 10.5 Å². The molecule has 7 nitrogen and oxygen atoms in total. The van der Waals surface area contributed by atoms with E-state index in [2.05, 4.69) is 10.3 Å². The van der Waals surface area contributed by atoms with E-state index < -0.39 is 12.0 Å². The molecule has 7 heteroatoms. The van der Waals surface area contributed by atoms with Crippen LogP contribution in [-0.4, -0.2) is 35.1 Å². The van der Waals surface area contributed by atoms with E-state index in [9.17, 15) is 9.59 Å². The molecular formula is C10H16N4O3. The Hall–Kier alpha value is -2.05. The zero-order valence-electron chi connectivity index (χ0n) is 10.1. The fourth-order valence-corrected chi connectivity index (χ4v) is 1.37. The second kappa shape index (κ2) is 5.33. The summed E-state index contributed by atoms with van der Waals surface area (Å²) in [6.45, 7) is 3.60. The van der Waals surface area contributed by atoms with Gasteiger partial charge in [-0.15, -0.1) is 0 Å². The van der Waals surface area contributed by atoms with E-state index >= 15 is 0 Å². The van der Waals surface area contributed by atoms with Crippen LogP contribution in [0.2, 0.25) is 0 Å². The van der Waals surface area contributed by atoms with Gasteiger partial charge < -0.3 is 20.4 Å². The van der Waals surface area contributed by atoms with E-state index in [1.165, 1.54) is 17.9 Å². The normalized spacial score (nSPS) is 11.9. The van der Waals surface area contributed by atoms with Crippen molar-refractivity contribution in [2.45, 2.75) is 19.9 Å². The van der Waals surface area contributed by atoms with Gasteiger partial charge in [-0.25, -0.2) is 9.78 Å². The van der Waals surface area contributed by atoms with E-state index in [0.29, 0.717) is 0 Å². The molecule has 0 aliphatic heterocycles. The molecule has 0 bridgehead atoms. The van der Waals surface area contributed by atoms with Crippen molar-refractivity contribution in [3.8, 4) is 0 Å². The first-order chi connectivity index (χ1) is 8.02. The highest BCUT2D eigenvalue weighted by atomic mass is 16.5. The van der Waals surface area contributed by atoms with E-state index in [1.807, 2.05) is 0 Å². The Bertz CT molecular complexity index is 427. The van der Waals surface area contributed by atoms with Crippen molar-refractivity contribution in [2.75, 3.05) is 19.4 Å². The molecule has 1 amide bonds. The van der Waals surface area contributed by atoms with Crippen LogP contribution < -0.4 is 11.1 Å². The number of hydrogen-bond donors (Lipinski definition) is 2. The molecule has 1 aromatic heterocycles. The summed E-state index contributed by atoms with van der Waals surface area (Å²) in [6.07, 6.45) is 1.35. The van der Waals surface area contributed by atoms with Crippen LogP contribution in [0.1, 0.15) is 30.4 Å². The fourth-order valence-electron chi connectivity index (χ4n) is 1.37. The predicted octanol–water partition coefficient (Wildman–Crippen LogP) is -0.0510. The molecule has 17 heavy (non-hydrogen) atoms. The number of anilines is 1. The third-order valence-corrected chi connectivity index (χ3v) is 2.34. The lowest BCUT2D eigenvalue weighted by Crippen LogP contribution is -2.28. The first kappa shape index (κ1) is 13.0. The Balaban J connectivity index is 2.98. The predicted molar refractivity (Wildman–Crippen MR) is 61.4 cm³/mol. The van der Waals surface area contributed by atoms with Gasteiger partial charge in [0.1, 0.15) is 11.9 Å². The summed E-state index contributed by atoms with van der Waals surface area (Å²) in [6, 6.07) is -0.532. The Morgan fingerprint density at radius 3 is 2.82 bits per heavy atom. The van der Waals surface area contributed by atoms with Crippen LogP contribution in [-0.2, 0) is 9.53 Å². The number of nitrogens with zero attached hydrogens (tertiary/aromatic N) is 2. The minimum atomic E-state index is -0.590. The molecule has 1 unspecified atom stereocenters. The van der Waals surface area contributed by atoms with Gasteiger partial charge in [0.15, 0.2) is 5.69 Å². The molecule has 0 aliphatic rings. The first-order valence-electron chi connectivity index (χ1n) is 5.23. The van der Waals surface area contributed by atoms with Crippen LogP contribution in [0.25, 0.3) is 0 Å². The molecular weight excluding hydrogens is 224 g/mol. The number of aromatic nitrogens is 2. The monoisotopic (exact) mass is 240 g/mol. The average Bonchev–Trinajstić information content (AvgIpc) is 2.69. The van der Waals surface area contributed by atoms with Crippen molar-refractivity contribution in [1.29, 1.82) is 0 Å². The lowest BCUT2D eigenvalue weighted by Gasteiger charge is -2.12. The quantitative estimate of drug-likeness (QED) is 0.719. The van der Waals surface area contributed by atoms with Gasteiger partial charge >= 0.3 is 5.97 Å². The molecule has 0 radical (unpaired) electrons. The summed E-state index contributed by atoms with van der Waals surface area (Å²) in [5.74, 6) is -0.683. The molecule has 94 valence electrons. The number of nitrogens with two attached hydrogens (primary N) is 1. The van der Waals surface area contributed by atoms with Gasteiger partial charge in [-0.05, 0) is 13.8 Å². The summed E-state index contributed by atoms with van der Waals surface area (Å²) < 4.78 is 6.22. The van der Waals surface area contributed by atoms with Gasteiger partial charge in [-0.2, -0.15) is 0 Å². The van der Waals surface area contributed by atoms with E-state index in [-0.39, 0.29) is 24.0 Å². The number of nitrogens with one attached hydrogen (secondary N) is 1. The van der Waals surface area contributed by atoms with Gasteiger partial charge in [0.05, 0.1) is 12.9 Å². The van der Waals surface area contributed by atoms with Crippen LogP contribution in [0, 0.1) is 0 Å². The van der Waals surface area contributed by atoms with Crippen molar-refractivity contribution in [3.63, 3.8) is 0 Å². The van der Waals surface area contributed by atoms with Crippen molar-refractivity contribution >= 4 is 17.7 Å². The summed E-state index contributed by atoms with van der Waals surface area (Å²) in [5.41, 5.74) is 5.78. The third kappa shape index (κ3) is 2.55. The van der Waals surface area contributed by atoms with Gasteiger partial charge in [0.25, 0.3) is 0 Å². The maximum atomic E-state index is 11.5. The molecule has 1 rings (SSSR count). The highest BCUT2D eigenvalue weighted by Crippen LogP contribution is 2.17. The van der Waals surface area contributed by atoms with Crippen molar-refractivity contribution in [3.05, 3.63) is 12.0 Å². The number of amides is 1. The number of carbonyl (C=O) groups is 2. The third-order valence-electron chi connectivity index (χ3n) is 2.34. The minimum Gasteiger partial charge on any atom is -0.461 e. The number of esters is 1. The Labute approximate surface area is 99.0 Å². The lowest BCUT2D eigenvalue weighted by atomic mass is 10.3. The Morgan fingerprint density at radius 2 is 2.29 bits per heavy atom. The van der Waals surface area contributed by atoms with Gasteiger partial charge in [-0.1, -0.05) is 0 Å². The van der Waals surface area contributed by atoms with Crippen LogP contribution in [0.3, 0.4) is 0 Å². The standard InChI is InChI=1S/C10H16N4O3/c1-4-17-10(16)7-8(11)14(5-13-7)6(2)9(15)12-3/h5-6H,4,11H2,1-3H3,(H,12,15). The molecule has 1 aromatic rings. The number of carbonyl (C=O) groups excluding carboxylic acids is 2. The molecule has 0 spiro atoms. The number of imidazole rings is 1. The summed E-state index contributed by atoms with van der Waals surface area (Å²) in [7, 11) is 1.53. The molecule has 0 saturated carbocycles. The molecule has 1 heterocycles. The highest BCUT2D eigenvalue weighted by molar-refractivity contribution is 5.92. The molecule has 0 aromatic carbocycles. The number of hydrogen-bond acceptors (Lipinski definition) is 5. The molecule has 0 saturated heterocycles. The second-order valence-corrected chi connectivity index (χ2v) is 3.40. The maximum Gasteiger partial charge on any atom is 0.360 e. The Kier molecular flexibility index (Phi) is 4.08. The zero-order chi connectivity index (χ0) is 13.0. The van der Waals surface area contributed by atoms with Gasteiger partial charge in [-0.3, -0.25) is 4.79 Å². The molecule has 0 aliphatic carbocycles. The van der Waals surface area contributed by atoms with Crippen LogP contribution in [0.4, 0.5) is 5.82 Å². The summed E-state index contributed by atoms with van der Waals surface area (Å²) >= 11 is 0. The summed E-state index contributed by atoms with van der Waals surface area (Å²) in [5, 5.41) is 2.49. The number of ether oxygens (including phenoxy) is 1. The largest absolute Gasteiger partial charge is 0.461 e. The molecule has 1 atom stereocenters. The molecule has 0 fully saturated rings. The van der Waals surface area contributed by atoms with Gasteiger partial charge in [0.2, 0.25) is 5.91 Å². The molecule has 3 N–H and O–H groups in total. The zero-order valence-corrected chi connectivity index (χ0v) is 10.1. The highest BCUT2D eigenvalue weighted by Gasteiger charge is 2.22. The van der Waals surface area contributed by atoms with E-state index in [0.717, 1.165) is 0 Å². The minimum absolute atomic E-state index is 0.0302. The SMILES string of the molecule is CCOC(=O)c1ncn(C(C)C(=O)NC)c1N. The number of rotatable bonds is 4. The first-order valence-corrected chi connectivity index (χ1v) is 5.23. The van der Waals surface area contributed by atoms with Crippen molar-refractivity contribution in [2.24, 2.45) is 0 Å². The Morgan fingerprint density at radius 1 is 1.65 bits per heavy atom. The number of likely N-dealkylation sites (N-methyl/N-ethyl adjacent to an activating group) is 1. The lowest BCUT2D eigenvalue weighted by molar-refractivity contribution is -0.123. The number of nitrogen functional groups attached to an aromatic ring is 1. The average molecular weight is 240 g/mol.